The van der Waals surface area contributed by atoms with Crippen LogP contribution in [0.4, 0.5) is 21.5 Å². The molecular formula is C20H19FN4O7S. The number of nitriles is 1. The Balaban J connectivity index is 0.00000122. The van der Waals surface area contributed by atoms with E-state index in [1.54, 1.807) is 13.0 Å². The summed E-state index contributed by atoms with van der Waals surface area (Å²) in [5.74, 6) is -2.12. The number of carbonyl (C=O) groups excluding carboxylic acids is 2. The molecule has 13 heteroatoms. The molecule has 0 saturated carbocycles. The highest BCUT2D eigenvalue weighted by Crippen LogP contribution is 2.36. The number of carbonyl (C=O) groups is 2. The Labute approximate surface area is 188 Å². The first kappa shape index (κ1) is 25.2. The number of sulfone groups is 1. The van der Waals surface area contributed by atoms with Gasteiger partial charge in [-0.05, 0) is 25.1 Å². The van der Waals surface area contributed by atoms with Gasteiger partial charge >= 0.3 is 0 Å². The molecule has 3 rings (SSSR count). The zero-order chi connectivity index (χ0) is 24.9. The zero-order valence-corrected chi connectivity index (χ0v) is 18.6. The molecule has 2 amide bonds. The van der Waals surface area contributed by atoms with Crippen LogP contribution in [0.5, 0.6) is 5.75 Å². The van der Waals surface area contributed by atoms with E-state index in [1.807, 2.05) is 0 Å². The Morgan fingerprint density at radius 2 is 2.00 bits per heavy atom. The van der Waals surface area contributed by atoms with Gasteiger partial charge in [0.1, 0.15) is 11.3 Å². The number of anilines is 2. The molecule has 0 bridgehead atoms. The van der Waals surface area contributed by atoms with Gasteiger partial charge in [-0.2, -0.15) is 5.26 Å². The summed E-state index contributed by atoms with van der Waals surface area (Å²) >= 11 is 0. The molecule has 1 aliphatic heterocycles. The fourth-order valence-corrected chi connectivity index (χ4v) is 3.58. The van der Waals surface area contributed by atoms with Crippen LogP contribution in [0.25, 0.3) is 0 Å². The lowest BCUT2D eigenvalue weighted by Gasteiger charge is -2.29. The minimum atomic E-state index is -3.74. The van der Waals surface area contributed by atoms with Crippen molar-refractivity contribution < 1.29 is 32.1 Å². The lowest BCUT2D eigenvalue weighted by Crippen LogP contribution is -2.38. The van der Waals surface area contributed by atoms with E-state index in [4.69, 9.17) is 10.00 Å². The molecule has 33 heavy (non-hydrogen) atoms. The summed E-state index contributed by atoms with van der Waals surface area (Å²) in [4.78, 5) is 36.0. The maximum Gasteiger partial charge on any atom is 0.283 e. The molecule has 174 valence electrons. The van der Waals surface area contributed by atoms with Crippen LogP contribution in [0.15, 0.2) is 35.2 Å². The number of likely N-dealkylation sites (N-methyl/N-ethyl adjacent to an activating group) is 1. The Kier molecular flexibility index (Phi) is 7.68. The monoisotopic (exact) mass is 478 g/mol. The van der Waals surface area contributed by atoms with Crippen molar-refractivity contribution >= 4 is 38.7 Å². The number of nitro benzene ring substituents is 1. The van der Waals surface area contributed by atoms with Crippen molar-refractivity contribution in [2.45, 2.75) is 18.7 Å². The van der Waals surface area contributed by atoms with Gasteiger partial charge in [-0.3, -0.25) is 19.7 Å². The predicted octanol–water partition coefficient (Wildman–Crippen LogP) is 2.66. The minimum Gasteiger partial charge on any atom is -0.481 e. The molecule has 1 N–H and O–H groups in total. The van der Waals surface area contributed by atoms with Crippen LogP contribution in [0, 0.1) is 27.3 Å². The summed E-state index contributed by atoms with van der Waals surface area (Å²) in [7, 11) is -3.74. The maximum absolute atomic E-state index is 14.4. The number of rotatable bonds is 5. The molecular weight excluding hydrogens is 459 g/mol. The number of hydrogen-bond donors (Lipinski definition) is 1. The quantitative estimate of drug-likeness (QED) is 0.507. The first-order chi connectivity index (χ1) is 15.4. The van der Waals surface area contributed by atoms with Gasteiger partial charge in [0.25, 0.3) is 17.5 Å². The standard InChI is InChI=1S/C18H16FN3O7S.C2H3N/c1-3-21-15-8-13(12(19)7-16(15)29-9-17(21)23)20-18(24)11-5-4-10(30(2,27)28)6-14(11)22(25)26;1-2-3/h4-8H,3,9H2,1-2H3,(H,20,24);1H3. The number of nitrogens with zero attached hydrogens (tertiary/aromatic N) is 3. The Morgan fingerprint density at radius 3 is 2.55 bits per heavy atom. The lowest BCUT2D eigenvalue weighted by molar-refractivity contribution is -0.385. The van der Waals surface area contributed by atoms with Crippen LogP contribution in [0.2, 0.25) is 0 Å². The normalized spacial score (nSPS) is 12.5. The van der Waals surface area contributed by atoms with Crippen LogP contribution in [-0.4, -0.2) is 44.6 Å². The number of nitro groups is 1. The van der Waals surface area contributed by atoms with Crippen molar-refractivity contribution in [3.63, 3.8) is 0 Å². The Hall–Kier alpha value is -4.05. The molecule has 0 fully saturated rings. The van der Waals surface area contributed by atoms with E-state index in [-0.39, 0.29) is 41.1 Å². The number of hydrogen-bond acceptors (Lipinski definition) is 8. The number of amides is 2. The molecule has 1 heterocycles. The second-order valence-electron chi connectivity index (χ2n) is 6.61. The molecule has 1 aliphatic rings. The molecule has 0 saturated heterocycles. The molecule has 0 spiro atoms. The SMILES string of the molecule is CC#N.CCN1C(=O)COc2cc(F)c(NC(=O)c3ccc(S(C)(=O)=O)cc3[N+](=O)[O-])cc21. The first-order valence-corrected chi connectivity index (χ1v) is 11.2. The highest BCUT2D eigenvalue weighted by molar-refractivity contribution is 7.90. The smallest absolute Gasteiger partial charge is 0.283 e. The summed E-state index contributed by atoms with van der Waals surface area (Å²) in [5, 5.41) is 20.9. The van der Waals surface area contributed by atoms with Crippen molar-refractivity contribution in [1.29, 1.82) is 5.26 Å². The molecule has 0 radical (unpaired) electrons. The second-order valence-corrected chi connectivity index (χ2v) is 8.63. The highest BCUT2D eigenvalue weighted by Gasteiger charge is 2.28. The summed E-state index contributed by atoms with van der Waals surface area (Å²) in [5.41, 5.74) is -1.28. The van der Waals surface area contributed by atoms with Gasteiger partial charge in [0.2, 0.25) is 0 Å². The summed E-state index contributed by atoms with van der Waals surface area (Å²) in [6.45, 7) is 3.18. The van der Waals surface area contributed by atoms with Crippen LogP contribution < -0.4 is 15.0 Å². The van der Waals surface area contributed by atoms with Crippen LogP contribution in [-0.2, 0) is 14.6 Å². The minimum absolute atomic E-state index is 0.121. The van der Waals surface area contributed by atoms with Gasteiger partial charge in [0, 0.05) is 31.9 Å². The van der Waals surface area contributed by atoms with Gasteiger partial charge in [-0.15, -0.1) is 0 Å². The van der Waals surface area contributed by atoms with Crippen molar-refractivity contribution in [3.8, 4) is 11.8 Å². The Morgan fingerprint density at radius 1 is 1.36 bits per heavy atom. The van der Waals surface area contributed by atoms with Gasteiger partial charge in [-0.1, -0.05) is 0 Å². The number of fused-ring (bicyclic) bond motifs is 1. The average Bonchev–Trinajstić information content (AvgIpc) is 2.74. The van der Waals surface area contributed by atoms with E-state index in [2.05, 4.69) is 5.32 Å². The van der Waals surface area contributed by atoms with Gasteiger partial charge in [-0.25, -0.2) is 12.8 Å². The fraction of sp³-hybridized carbons (Fsp3) is 0.250. The largest absolute Gasteiger partial charge is 0.481 e. The highest BCUT2D eigenvalue weighted by atomic mass is 32.2. The molecule has 2 aromatic carbocycles. The van der Waals surface area contributed by atoms with Crippen molar-refractivity contribution in [2.24, 2.45) is 0 Å². The van der Waals surface area contributed by atoms with E-state index in [0.717, 1.165) is 30.5 Å². The third-order valence-corrected chi connectivity index (χ3v) is 5.50. The zero-order valence-electron chi connectivity index (χ0n) is 17.8. The van der Waals surface area contributed by atoms with E-state index in [0.29, 0.717) is 0 Å². The van der Waals surface area contributed by atoms with Crippen LogP contribution >= 0.6 is 0 Å². The van der Waals surface area contributed by atoms with E-state index >= 15 is 0 Å². The van der Waals surface area contributed by atoms with E-state index < -0.39 is 37.7 Å². The van der Waals surface area contributed by atoms with Gasteiger partial charge in [0.05, 0.1) is 27.3 Å². The summed E-state index contributed by atoms with van der Waals surface area (Å²) in [6, 6.07) is 6.73. The van der Waals surface area contributed by atoms with Gasteiger partial charge < -0.3 is 15.0 Å². The number of halogens is 1. The molecule has 2 aromatic rings. The molecule has 11 nitrogen and oxygen atoms in total. The molecule has 0 atom stereocenters. The fourth-order valence-electron chi connectivity index (χ4n) is 2.94. The Bertz CT molecular complexity index is 1270. The van der Waals surface area contributed by atoms with E-state index in [1.165, 1.54) is 17.9 Å². The number of benzene rings is 2. The first-order valence-electron chi connectivity index (χ1n) is 9.31. The average molecular weight is 478 g/mol. The van der Waals surface area contributed by atoms with Crippen molar-refractivity contribution in [2.75, 3.05) is 29.6 Å². The number of ether oxygens (including phenoxy) is 1. The third-order valence-electron chi connectivity index (χ3n) is 4.39. The predicted molar refractivity (Wildman–Crippen MR) is 115 cm³/mol. The molecule has 0 unspecified atom stereocenters. The van der Waals surface area contributed by atoms with Crippen LogP contribution in [0.1, 0.15) is 24.2 Å². The summed E-state index contributed by atoms with van der Waals surface area (Å²) < 4.78 is 42.9. The van der Waals surface area contributed by atoms with Gasteiger partial charge in [0.15, 0.2) is 22.3 Å². The van der Waals surface area contributed by atoms with Crippen LogP contribution in [0.3, 0.4) is 0 Å². The van der Waals surface area contributed by atoms with E-state index in [9.17, 15) is 32.5 Å². The second kappa shape index (κ2) is 10.0. The number of nitrogens with one attached hydrogen (secondary N) is 1. The lowest BCUT2D eigenvalue weighted by atomic mass is 10.1. The maximum atomic E-state index is 14.4. The third kappa shape index (κ3) is 5.60. The topological polar surface area (TPSA) is 160 Å². The molecule has 0 aliphatic carbocycles. The van der Waals surface area contributed by atoms with Crippen molar-refractivity contribution in [1.82, 2.24) is 0 Å². The van der Waals surface area contributed by atoms with Crippen molar-refractivity contribution in [3.05, 3.63) is 51.8 Å². The molecule has 0 aromatic heterocycles. The summed E-state index contributed by atoms with van der Waals surface area (Å²) in [6.07, 6.45) is 0.872.